The van der Waals surface area contributed by atoms with E-state index in [-0.39, 0.29) is 23.9 Å². The van der Waals surface area contributed by atoms with Crippen LogP contribution in [-0.2, 0) is 0 Å². The quantitative estimate of drug-likeness (QED) is 0.706. The lowest BCUT2D eigenvalue weighted by atomic mass is 9.47. The summed E-state index contributed by atoms with van der Waals surface area (Å²) in [5, 5.41) is 20.9. The van der Waals surface area contributed by atoms with Gasteiger partial charge in [0, 0.05) is 5.48 Å². The standard InChI is InChI=1S/C21H34O2/c1-13(22)17-6-7-18-16-5-4-14-12-15(23)8-10-20(14,2)19(16)9-11-21(17,18)3/h4,13,15-19,22-23H,5-12H2,1-3H3/t13-,15+,16+,17-,18+,19+,20+,21-/m1/s1/i1D3,13D,17D. The van der Waals surface area contributed by atoms with Crippen molar-refractivity contribution in [2.24, 2.45) is 34.5 Å². The normalized spacial score (nSPS) is 62.1. The van der Waals surface area contributed by atoms with Crippen molar-refractivity contribution < 1.29 is 17.1 Å². The highest BCUT2D eigenvalue weighted by atomic mass is 16.3. The molecule has 4 rings (SSSR count). The Balaban J connectivity index is 1.70. The highest BCUT2D eigenvalue weighted by Gasteiger charge is 2.59. The minimum absolute atomic E-state index is 0.0814. The second-order valence-electron chi connectivity index (χ2n) is 8.98. The van der Waals surface area contributed by atoms with Gasteiger partial charge in [0.25, 0.3) is 0 Å². The molecule has 0 spiro atoms. The van der Waals surface area contributed by atoms with Crippen molar-refractivity contribution in [1.82, 2.24) is 0 Å². The van der Waals surface area contributed by atoms with Crippen LogP contribution in [0.5, 0.6) is 0 Å². The number of aliphatic hydroxyl groups is 2. The zero-order valence-electron chi connectivity index (χ0n) is 19.4. The summed E-state index contributed by atoms with van der Waals surface area (Å²) in [6.07, 6.45) is 5.34. The Morgan fingerprint density at radius 2 is 2.09 bits per heavy atom. The zero-order chi connectivity index (χ0) is 20.8. The highest BCUT2D eigenvalue weighted by molar-refractivity contribution is 5.25. The van der Waals surface area contributed by atoms with Gasteiger partial charge in [-0.15, -0.1) is 0 Å². The van der Waals surface area contributed by atoms with Crippen LogP contribution in [0.2, 0.25) is 0 Å². The smallest absolute Gasteiger partial charge is 0.0601 e. The molecule has 2 N–H and O–H groups in total. The van der Waals surface area contributed by atoms with Crippen molar-refractivity contribution >= 4 is 0 Å². The van der Waals surface area contributed by atoms with Gasteiger partial charge in [-0.3, -0.25) is 0 Å². The van der Waals surface area contributed by atoms with Gasteiger partial charge >= 0.3 is 0 Å². The number of aliphatic hydroxyl groups excluding tert-OH is 1. The van der Waals surface area contributed by atoms with Crippen molar-refractivity contribution in [2.45, 2.75) is 84.2 Å². The van der Waals surface area contributed by atoms with E-state index in [0.717, 1.165) is 32.1 Å². The maximum atomic E-state index is 10.8. The van der Waals surface area contributed by atoms with E-state index in [2.05, 4.69) is 13.0 Å². The van der Waals surface area contributed by atoms with Crippen LogP contribution in [0.15, 0.2) is 11.6 Å². The van der Waals surface area contributed by atoms with E-state index in [9.17, 15) is 10.2 Å². The summed E-state index contributed by atoms with van der Waals surface area (Å²) < 4.78 is 40.5. The average Bonchev–Trinajstić information content (AvgIpc) is 2.87. The average molecular weight is 324 g/mol. The molecule has 0 saturated heterocycles. The fourth-order valence-corrected chi connectivity index (χ4v) is 6.84. The molecule has 0 bridgehead atoms. The van der Waals surface area contributed by atoms with Crippen molar-refractivity contribution in [1.29, 1.82) is 0 Å². The molecule has 0 aromatic heterocycles. The molecule has 2 heteroatoms. The molecular weight excluding hydrogens is 284 g/mol. The molecule has 8 atom stereocenters. The van der Waals surface area contributed by atoms with Gasteiger partial charge in [0.05, 0.1) is 13.6 Å². The Kier molecular flexibility index (Phi) is 2.62. The third kappa shape index (κ3) is 2.20. The van der Waals surface area contributed by atoms with E-state index < -0.39 is 24.2 Å². The minimum Gasteiger partial charge on any atom is -0.393 e. The lowest BCUT2D eigenvalue weighted by molar-refractivity contribution is -0.0675. The van der Waals surface area contributed by atoms with Crippen LogP contribution in [0.3, 0.4) is 0 Å². The maximum Gasteiger partial charge on any atom is 0.0601 e. The van der Waals surface area contributed by atoms with E-state index in [1.54, 1.807) is 0 Å². The Morgan fingerprint density at radius 1 is 1.26 bits per heavy atom. The molecule has 23 heavy (non-hydrogen) atoms. The minimum atomic E-state index is -2.89. The summed E-state index contributed by atoms with van der Waals surface area (Å²) in [4.78, 5) is 0. The summed E-state index contributed by atoms with van der Waals surface area (Å²) in [5.41, 5.74) is 0.790. The van der Waals surface area contributed by atoms with E-state index >= 15 is 0 Å². The number of allylic oxidation sites excluding steroid dienone is 1. The van der Waals surface area contributed by atoms with Crippen molar-refractivity contribution in [3.8, 4) is 0 Å². The maximum absolute atomic E-state index is 10.8. The summed E-state index contributed by atoms with van der Waals surface area (Å²) in [5.74, 6) is -0.687. The fourth-order valence-electron chi connectivity index (χ4n) is 6.84. The Hall–Kier alpha value is -0.340. The number of hydrogen-bond donors (Lipinski definition) is 2. The molecule has 3 saturated carbocycles. The van der Waals surface area contributed by atoms with Crippen LogP contribution in [-0.4, -0.2) is 22.4 Å². The SMILES string of the molecule is [2H]C([2H])([2H])[C@@]([2H])(O)[C@@]1([2H])CC[C@H]2[C@@H]3CC=C4C[C@@H](O)CC[C@]4(C)[C@H]3CC[C@@]21C. The van der Waals surface area contributed by atoms with Gasteiger partial charge in [0.1, 0.15) is 0 Å². The topological polar surface area (TPSA) is 40.5 Å². The van der Waals surface area contributed by atoms with Crippen LogP contribution in [0.25, 0.3) is 0 Å². The second-order valence-corrected chi connectivity index (χ2v) is 8.98. The second kappa shape index (κ2) is 5.33. The highest BCUT2D eigenvalue weighted by Crippen LogP contribution is 2.66. The van der Waals surface area contributed by atoms with Crippen LogP contribution in [0.1, 0.15) is 78.9 Å². The first-order valence-electron chi connectivity index (χ1n) is 11.9. The Bertz CT molecular complexity index is 689. The number of fused-ring (bicyclic) bond motifs is 5. The van der Waals surface area contributed by atoms with E-state index in [1.165, 1.54) is 5.57 Å². The molecule has 4 aliphatic carbocycles. The van der Waals surface area contributed by atoms with Crippen LogP contribution >= 0.6 is 0 Å². The monoisotopic (exact) mass is 323 g/mol. The predicted molar refractivity (Wildman–Crippen MR) is 92.9 cm³/mol. The van der Waals surface area contributed by atoms with Crippen molar-refractivity contribution in [3.63, 3.8) is 0 Å². The summed E-state index contributed by atoms with van der Waals surface area (Å²) in [7, 11) is 0. The molecule has 0 aromatic rings. The lowest BCUT2D eigenvalue weighted by Gasteiger charge is -2.58. The van der Waals surface area contributed by atoms with Gasteiger partial charge in [-0.25, -0.2) is 0 Å². The Labute approximate surface area is 148 Å². The molecule has 0 amide bonds. The fraction of sp³-hybridized carbons (Fsp3) is 0.905. The molecular formula is C21H34O2. The first-order chi connectivity index (χ1) is 12.8. The van der Waals surface area contributed by atoms with Gasteiger partial charge in [0.2, 0.25) is 0 Å². The Morgan fingerprint density at radius 3 is 2.87 bits per heavy atom. The summed E-state index contributed by atoms with van der Waals surface area (Å²) >= 11 is 0. The molecule has 2 nitrogen and oxygen atoms in total. The summed E-state index contributed by atoms with van der Waals surface area (Å²) in [6, 6.07) is 0. The third-order valence-electron chi connectivity index (χ3n) is 8.15. The number of rotatable bonds is 1. The molecule has 0 aliphatic heterocycles. The first kappa shape index (κ1) is 11.3. The number of hydrogen-bond acceptors (Lipinski definition) is 2. The molecule has 130 valence electrons. The van der Waals surface area contributed by atoms with E-state index in [4.69, 9.17) is 6.85 Å². The van der Waals surface area contributed by atoms with Crippen molar-refractivity contribution in [3.05, 3.63) is 11.6 Å². The zero-order valence-corrected chi connectivity index (χ0v) is 14.4. The molecule has 0 heterocycles. The molecule has 0 unspecified atom stereocenters. The lowest BCUT2D eigenvalue weighted by Crippen LogP contribution is -2.51. The van der Waals surface area contributed by atoms with Crippen molar-refractivity contribution in [2.75, 3.05) is 0 Å². The van der Waals surface area contributed by atoms with Crippen LogP contribution < -0.4 is 0 Å². The van der Waals surface area contributed by atoms with Gasteiger partial charge < -0.3 is 10.2 Å². The first-order valence-corrected chi connectivity index (χ1v) is 9.38. The predicted octanol–water partition coefficient (Wildman–Crippen LogP) is 4.31. The molecule has 0 radical (unpaired) electrons. The van der Waals surface area contributed by atoms with Gasteiger partial charge in [-0.1, -0.05) is 25.5 Å². The van der Waals surface area contributed by atoms with Gasteiger partial charge in [-0.05, 0) is 92.7 Å². The van der Waals surface area contributed by atoms with Crippen LogP contribution in [0.4, 0.5) is 0 Å². The van der Waals surface area contributed by atoms with E-state index in [0.29, 0.717) is 24.7 Å². The van der Waals surface area contributed by atoms with E-state index in [1.807, 2.05) is 6.92 Å². The van der Waals surface area contributed by atoms with Crippen LogP contribution in [0, 0.1) is 34.5 Å². The molecule has 4 aliphatic rings. The molecule has 0 aromatic carbocycles. The summed E-state index contributed by atoms with van der Waals surface area (Å²) in [6.45, 7) is 1.40. The molecule has 3 fully saturated rings. The third-order valence-corrected chi connectivity index (χ3v) is 8.15. The van der Waals surface area contributed by atoms with Gasteiger partial charge in [0.15, 0.2) is 0 Å². The largest absolute Gasteiger partial charge is 0.393 e. The van der Waals surface area contributed by atoms with Gasteiger partial charge in [-0.2, -0.15) is 0 Å².